The Morgan fingerprint density at radius 3 is 3.05 bits per heavy atom. The van der Waals surface area contributed by atoms with Gasteiger partial charge in [0, 0.05) is 17.6 Å². The number of anilines is 1. The molecule has 98 valence electrons. The minimum atomic E-state index is -0.949. The molecule has 1 aliphatic rings. The third-order valence-corrected chi connectivity index (χ3v) is 4.17. The first-order valence-electron chi connectivity index (χ1n) is 6.24. The van der Waals surface area contributed by atoms with E-state index in [1.807, 2.05) is 11.4 Å². The molecule has 2 aromatic rings. The van der Waals surface area contributed by atoms with E-state index in [0.29, 0.717) is 6.54 Å². The Labute approximate surface area is 115 Å². The molecule has 3 rings (SSSR count). The topological polar surface area (TPSA) is 53.4 Å². The zero-order valence-corrected chi connectivity index (χ0v) is 11.2. The molecule has 0 saturated heterocycles. The van der Waals surface area contributed by atoms with Gasteiger partial charge in [0.1, 0.15) is 0 Å². The molecule has 1 aromatic carbocycles. The van der Waals surface area contributed by atoms with Crippen LogP contribution in [0, 0.1) is 0 Å². The third kappa shape index (κ3) is 2.46. The average molecular weight is 274 g/mol. The number of aryl methyl sites for hydroxylation is 1. The zero-order chi connectivity index (χ0) is 13.2. The molecule has 1 N–H and O–H groups in total. The fraction of sp³-hybridized carbons (Fsp3) is 0.286. The minimum Gasteiger partial charge on any atom is -0.476 e. The lowest BCUT2D eigenvalue weighted by atomic mass is 10.0. The SMILES string of the molecule is O=C(O)c1nc(CN2CCCc3ccccc32)cs1. The number of benzene rings is 1. The Kier molecular flexibility index (Phi) is 3.21. The number of thiazole rings is 1. The fourth-order valence-corrected chi connectivity index (χ4v) is 3.09. The monoisotopic (exact) mass is 274 g/mol. The van der Waals surface area contributed by atoms with Gasteiger partial charge in [0.15, 0.2) is 0 Å². The molecule has 0 atom stereocenters. The minimum absolute atomic E-state index is 0.167. The number of hydrogen-bond donors (Lipinski definition) is 1. The van der Waals surface area contributed by atoms with Crippen molar-refractivity contribution in [3.63, 3.8) is 0 Å². The number of hydrogen-bond acceptors (Lipinski definition) is 4. The maximum Gasteiger partial charge on any atom is 0.365 e. The van der Waals surface area contributed by atoms with E-state index in [0.717, 1.165) is 25.1 Å². The molecule has 2 heterocycles. The highest BCUT2D eigenvalue weighted by Crippen LogP contribution is 2.28. The lowest BCUT2D eigenvalue weighted by Crippen LogP contribution is -2.28. The molecule has 5 heteroatoms. The molecule has 1 aromatic heterocycles. The molecule has 0 spiro atoms. The van der Waals surface area contributed by atoms with Crippen LogP contribution in [0.2, 0.25) is 0 Å². The molecule has 1 aliphatic heterocycles. The van der Waals surface area contributed by atoms with Crippen LogP contribution in [-0.2, 0) is 13.0 Å². The summed E-state index contributed by atoms with van der Waals surface area (Å²) < 4.78 is 0. The van der Waals surface area contributed by atoms with Crippen molar-refractivity contribution >= 4 is 23.0 Å². The Morgan fingerprint density at radius 2 is 2.26 bits per heavy atom. The quantitative estimate of drug-likeness (QED) is 0.935. The van der Waals surface area contributed by atoms with Crippen LogP contribution in [-0.4, -0.2) is 22.6 Å². The normalized spacial score (nSPS) is 14.2. The van der Waals surface area contributed by atoms with Crippen LogP contribution < -0.4 is 4.90 Å². The average Bonchev–Trinajstić information content (AvgIpc) is 2.88. The van der Waals surface area contributed by atoms with Crippen LogP contribution in [0.15, 0.2) is 29.6 Å². The number of rotatable bonds is 3. The summed E-state index contributed by atoms with van der Waals surface area (Å²) in [5.74, 6) is -0.949. The van der Waals surface area contributed by atoms with Crippen molar-refractivity contribution < 1.29 is 9.90 Å². The van der Waals surface area contributed by atoms with E-state index in [1.54, 1.807) is 0 Å². The molecule has 0 aliphatic carbocycles. The predicted octanol–water partition coefficient (Wildman–Crippen LogP) is 2.79. The van der Waals surface area contributed by atoms with Gasteiger partial charge in [-0.05, 0) is 24.5 Å². The smallest absolute Gasteiger partial charge is 0.365 e. The van der Waals surface area contributed by atoms with Gasteiger partial charge in [-0.15, -0.1) is 11.3 Å². The highest BCUT2D eigenvalue weighted by Gasteiger charge is 2.18. The standard InChI is InChI=1S/C14H14N2O2S/c17-14(18)13-15-11(9-19-13)8-16-7-3-5-10-4-1-2-6-12(10)16/h1-2,4,6,9H,3,5,7-8H2,(H,17,18). The molecule has 0 fully saturated rings. The van der Waals surface area contributed by atoms with Crippen LogP contribution in [0.3, 0.4) is 0 Å². The first-order valence-corrected chi connectivity index (χ1v) is 7.12. The number of para-hydroxylation sites is 1. The summed E-state index contributed by atoms with van der Waals surface area (Å²) in [6, 6.07) is 8.39. The molecule has 0 radical (unpaired) electrons. The first-order chi connectivity index (χ1) is 9.24. The molecule has 0 saturated carbocycles. The second-order valence-corrected chi connectivity index (χ2v) is 5.46. The van der Waals surface area contributed by atoms with Gasteiger partial charge in [-0.3, -0.25) is 0 Å². The van der Waals surface area contributed by atoms with E-state index in [4.69, 9.17) is 5.11 Å². The van der Waals surface area contributed by atoms with Gasteiger partial charge < -0.3 is 10.0 Å². The number of fused-ring (bicyclic) bond motifs is 1. The van der Waals surface area contributed by atoms with Gasteiger partial charge in [0.05, 0.1) is 12.2 Å². The van der Waals surface area contributed by atoms with Gasteiger partial charge in [-0.25, -0.2) is 9.78 Å². The number of carboxylic acid groups (broad SMARTS) is 1. The molecule has 0 bridgehead atoms. The summed E-state index contributed by atoms with van der Waals surface area (Å²) in [7, 11) is 0. The second-order valence-electron chi connectivity index (χ2n) is 4.60. The van der Waals surface area contributed by atoms with Crippen LogP contribution in [0.4, 0.5) is 5.69 Å². The summed E-state index contributed by atoms with van der Waals surface area (Å²) >= 11 is 1.19. The predicted molar refractivity (Wildman–Crippen MR) is 74.9 cm³/mol. The van der Waals surface area contributed by atoms with Gasteiger partial charge in [-0.2, -0.15) is 0 Å². The molecule has 4 nitrogen and oxygen atoms in total. The largest absolute Gasteiger partial charge is 0.476 e. The highest BCUT2D eigenvalue weighted by molar-refractivity contribution is 7.11. The summed E-state index contributed by atoms with van der Waals surface area (Å²) in [6.07, 6.45) is 2.25. The lowest BCUT2D eigenvalue weighted by molar-refractivity contribution is 0.0696. The van der Waals surface area contributed by atoms with Gasteiger partial charge in [-0.1, -0.05) is 18.2 Å². The van der Waals surface area contributed by atoms with Crippen LogP contribution in [0.5, 0.6) is 0 Å². The second kappa shape index (κ2) is 5.01. The first kappa shape index (κ1) is 12.2. The maximum absolute atomic E-state index is 10.8. The number of carboxylic acids is 1. The lowest BCUT2D eigenvalue weighted by Gasteiger charge is -2.30. The molecular formula is C14H14N2O2S. The van der Waals surface area contributed by atoms with E-state index in [2.05, 4.69) is 28.1 Å². The number of aromatic nitrogens is 1. The van der Waals surface area contributed by atoms with E-state index in [9.17, 15) is 4.79 Å². The van der Waals surface area contributed by atoms with Crippen molar-refractivity contribution in [2.45, 2.75) is 19.4 Å². The van der Waals surface area contributed by atoms with Crippen molar-refractivity contribution in [3.05, 3.63) is 45.9 Å². The van der Waals surface area contributed by atoms with Gasteiger partial charge >= 0.3 is 5.97 Å². The Bertz CT molecular complexity index is 609. The van der Waals surface area contributed by atoms with Crippen LogP contribution in [0.25, 0.3) is 0 Å². The Morgan fingerprint density at radius 1 is 1.42 bits per heavy atom. The fourth-order valence-electron chi connectivity index (χ4n) is 2.45. The number of aromatic carboxylic acids is 1. The van der Waals surface area contributed by atoms with Crippen molar-refractivity contribution in [2.24, 2.45) is 0 Å². The molecular weight excluding hydrogens is 260 g/mol. The number of nitrogens with zero attached hydrogens (tertiary/aromatic N) is 2. The van der Waals surface area contributed by atoms with E-state index >= 15 is 0 Å². The molecule has 0 unspecified atom stereocenters. The van der Waals surface area contributed by atoms with Crippen molar-refractivity contribution in [1.82, 2.24) is 4.98 Å². The third-order valence-electron chi connectivity index (χ3n) is 3.29. The molecule has 0 amide bonds. The van der Waals surface area contributed by atoms with Gasteiger partial charge in [0.2, 0.25) is 5.01 Å². The van der Waals surface area contributed by atoms with Gasteiger partial charge in [0.25, 0.3) is 0 Å². The van der Waals surface area contributed by atoms with Crippen LogP contribution >= 0.6 is 11.3 Å². The molecule has 19 heavy (non-hydrogen) atoms. The highest BCUT2D eigenvalue weighted by atomic mass is 32.1. The van der Waals surface area contributed by atoms with E-state index < -0.39 is 5.97 Å². The van der Waals surface area contributed by atoms with Crippen molar-refractivity contribution in [3.8, 4) is 0 Å². The zero-order valence-electron chi connectivity index (χ0n) is 10.4. The summed E-state index contributed by atoms with van der Waals surface area (Å²) in [6.45, 7) is 1.68. The van der Waals surface area contributed by atoms with E-state index in [1.165, 1.54) is 22.6 Å². The Hall–Kier alpha value is -1.88. The van der Waals surface area contributed by atoms with Crippen molar-refractivity contribution in [1.29, 1.82) is 0 Å². The van der Waals surface area contributed by atoms with E-state index in [-0.39, 0.29) is 5.01 Å². The summed E-state index contributed by atoms with van der Waals surface area (Å²) in [5, 5.41) is 10.9. The summed E-state index contributed by atoms with van der Waals surface area (Å²) in [5.41, 5.74) is 3.44. The number of carbonyl (C=O) groups is 1. The van der Waals surface area contributed by atoms with Crippen molar-refractivity contribution in [2.75, 3.05) is 11.4 Å². The Balaban J connectivity index is 1.82. The maximum atomic E-state index is 10.8. The van der Waals surface area contributed by atoms with Crippen LogP contribution in [0.1, 0.15) is 27.5 Å². The summed E-state index contributed by atoms with van der Waals surface area (Å²) in [4.78, 5) is 17.3.